The van der Waals surface area contributed by atoms with E-state index in [0.29, 0.717) is 12.4 Å². The first-order valence-electron chi connectivity index (χ1n) is 6.84. The first-order valence-corrected chi connectivity index (χ1v) is 7.22. The molecule has 0 amide bonds. The Morgan fingerprint density at radius 2 is 2.14 bits per heavy atom. The first-order chi connectivity index (χ1) is 10.1. The number of hydrogen-bond donors (Lipinski definition) is 1. The van der Waals surface area contributed by atoms with Crippen LogP contribution in [0.2, 0.25) is 5.02 Å². The Kier molecular flexibility index (Phi) is 3.90. The molecular formula is C16H17ClN2O2. The number of hydrogen-bond acceptors (Lipinski definition) is 4. The van der Waals surface area contributed by atoms with Gasteiger partial charge in [-0.25, -0.2) is 0 Å². The van der Waals surface area contributed by atoms with E-state index in [-0.39, 0.29) is 6.04 Å². The van der Waals surface area contributed by atoms with Gasteiger partial charge in [0.25, 0.3) is 0 Å². The van der Waals surface area contributed by atoms with Gasteiger partial charge in [0.05, 0.1) is 0 Å². The van der Waals surface area contributed by atoms with Crippen molar-refractivity contribution in [3.63, 3.8) is 0 Å². The lowest BCUT2D eigenvalue weighted by Gasteiger charge is -2.21. The van der Waals surface area contributed by atoms with Gasteiger partial charge in [0, 0.05) is 17.6 Å². The summed E-state index contributed by atoms with van der Waals surface area (Å²) in [6.45, 7) is 2.62. The summed E-state index contributed by atoms with van der Waals surface area (Å²) in [7, 11) is 0. The SMILES string of the molecule is Cc1ccc(C2C=C(N)ON2CCc2cccc(Cl)c2)o1. The van der Waals surface area contributed by atoms with Crippen molar-refractivity contribution in [1.29, 1.82) is 0 Å². The van der Waals surface area contributed by atoms with Crippen LogP contribution in [0.5, 0.6) is 0 Å². The third kappa shape index (κ3) is 3.23. The second-order valence-electron chi connectivity index (χ2n) is 5.07. The Labute approximate surface area is 128 Å². The van der Waals surface area contributed by atoms with Crippen molar-refractivity contribution in [2.45, 2.75) is 19.4 Å². The van der Waals surface area contributed by atoms with Gasteiger partial charge in [-0.05, 0) is 43.2 Å². The third-order valence-electron chi connectivity index (χ3n) is 3.42. The minimum Gasteiger partial charge on any atom is -0.464 e. The summed E-state index contributed by atoms with van der Waals surface area (Å²) >= 11 is 6.00. The lowest BCUT2D eigenvalue weighted by Crippen LogP contribution is -2.25. The molecule has 1 aliphatic rings. The predicted octanol–water partition coefficient (Wildman–Crippen LogP) is 3.57. The maximum atomic E-state index is 6.00. The number of halogens is 1. The van der Waals surface area contributed by atoms with Crippen LogP contribution in [-0.4, -0.2) is 11.6 Å². The molecular weight excluding hydrogens is 288 g/mol. The Bertz CT molecular complexity index is 666. The quantitative estimate of drug-likeness (QED) is 0.938. The van der Waals surface area contributed by atoms with Crippen molar-refractivity contribution in [3.8, 4) is 0 Å². The van der Waals surface area contributed by atoms with Gasteiger partial charge in [-0.2, -0.15) is 0 Å². The summed E-state index contributed by atoms with van der Waals surface area (Å²) in [5.41, 5.74) is 6.95. The van der Waals surface area contributed by atoms with E-state index in [0.717, 1.165) is 28.5 Å². The highest BCUT2D eigenvalue weighted by atomic mass is 35.5. The topological polar surface area (TPSA) is 51.6 Å². The molecule has 3 rings (SSSR count). The predicted molar refractivity (Wildman–Crippen MR) is 81.4 cm³/mol. The van der Waals surface area contributed by atoms with E-state index < -0.39 is 0 Å². The van der Waals surface area contributed by atoms with Crippen molar-refractivity contribution < 1.29 is 9.25 Å². The van der Waals surface area contributed by atoms with Gasteiger partial charge in [0.1, 0.15) is 17.6 Å². The molecule has 0 saturated heterocycles. The van der Waals surface area contributed by atoms with Crippen LogP contribution < -0.4 is 5.73 Å². The first kappa shape index (κ1) is 14.0. The molecule has 4 nitrogen and oxygen atoms in total. The molecule has 0 aliphatic carbocycles. The van der Waals surface area contributed by atoms with Crippen LogP contribution >= 0.6 is 11.6 Å². The van der Waals surface area contributed by atoms with Crippen LogP contribution in [0.15, 0.2) is 52.8 Å². The van der Waals surface area contributed by atoms with Crippen LogP contribution in [0.1, 0.15) is 23.1 Å². The van der Waals surface area contributed by atoms with Crippen LogP contribution in [0.4, 0.5) is 0 Å². The fourth-order valence-electron chi connectivity index (χ4n) is 2.41. The molecule has 0 fully saturated rings. The average Bonchev–Trinajstić information content (AvgIpc) is 3.02. The zero-order valence-corrected chi connectivity index (χ0v) is 12.5. The Morgan fingerprint density at radius 3 is 2.86 bits per heavy atom. The molecule has 1 atom stereocenters. The van der Waals surface area contributed by atoms with E-state index in [4.69, 9.17) is 26.6 Å². The Balaban J connectivity index is 1.70. The van der Waals surface area contributed by atoms with Gasteiger partial charge in [0.15, 0.2) is 0 Å². The molecule has 1 aromatic heterocycles. The summed E-state index contributed by atoms with van der Waals surface area (Å²) < 4.78 is 5.67. The number of rotatable bonds is 4. The molecule has 0 radical (unpaired) electrons. The maximum absolute atomic E-state index is 6.00. The molecule has 110 valence electrons. The van der Waals surface area contributed by atoms with Crippen LogP contribution in [0.25, 0.3) is 0 Å². The molecule has 1 unspecified atom stereocenters. The third-order valence-corrected chi connectivity index (χ3v) is 3.65. The van der Waals surface area contributed by atoms with Crippen molar-refractivity contribution in [3.05, 3.63) is 70.5 Å². The number of benzene rings is 1. The smallest absolute Gasteiger partial charge is 0.207 e. The van der Waals surface area contributed by atoms with Gasteiger partial charge >= 0.3 is 0 Å². The average molecular weight is 305 g/mol. The van der Waals surface area contributed by atoms with Gasteiger partial charge in [-0.3, -0.25) is 0 Å². The van der Waals surface area contributed by atoms with E-state index in [1.54, 1.807) is 0 Å². The normalized spacial score (nSPS) is 18.6. The van der Waals surface area contributed by atoms with Crippen molar-refractivity contribution in [2.24, 2.45) is 5.73 Å². The van der Waals surface area contributed by atoms with E-state index >= 15 is 0 Å². The molecule has 2 aromatic rings. The summed E-state index contributed by atoms with van der Waals surface area (Å²) in [4.78, 5) is 5.57. The van der Waals surface area contributed by atoms with Gasteiger partial charge in [-0.15, -0.1) is 5.06 Å². The molecule has 0 spiro atoms. The monoisotopic (exact) mass is 304 g/mol. The molecule has 2 N–H and O–H groups in total. The van der Waals surface area contributed by atoms with Gasteiger partial charge in [0.2, 0.25) is 5.88 Å². The summed E-state index contributed by atoms with van der Waals surface area (Å²) in [6.07, 6.45) is 2.67. The number of furan rings is 1. The zero-order chi connectivity index (χ0) is 14.8. The maximum Gasteiger partial charge on any atom is 0.207 e. The van der Waals surface area contributed by atoms with Crippen LogP contribution in [0.3, 0.4) is 0 Å². The molecule has 21 heavy (non-hydrogen) atoms. The second kappa shape index (κ2) is 5.84. The fraction of sp³-hybridized carbons (Fsp3) is 0.250. The summed E-state index contributed by atoms with van der Waals surface area (Å²) in [5, 5.41) is 2.57. The molecule has 1 aliphatic heterocycles. The van der Waals surface area contributed by atoms with E-state index in [1.165, 1.54) is 0 Å². The second-order valence-corrected chi connectivity index (χ2v) is 5.51. The van der Waals surface area contributed by atoms with E-state index in [2.05, 4.69) is 0 Å². The van der Waals surface area contributed by atoms with E-state index in [1.807, 2.05) is 54.5 Å². The number of aryl methyl sites for hydroxylation is 1. The highest BCUT2D eigenvalue weighted by molar-refractivity contribution is 6.30. The standard InChI is InChI=1S/C16H17ClN2O2/c1-11-5-6-15(20-11)14-10-16(18)21-19(14)8-7-12-3-2-4-13(17)9-12/h2-6,9-10,14H,7-8,18H2,1H3. The van der Waals surface area contributed by atoms with Gasteiger partial charge < -0.3 is 15.0 Å². The summed E-state index contributed by atoms with van der Waals surface area (Å²) in [6, 6.07) is 11.6. The highest BCUT2D eigenvalue weighted by Gasteiger charge is 2.29. The van der Waals surface area contributed by atoms with Crippen LogP contribution in [-0.2, 0) is 11.3 Å². The van der Waals surface area contributed by atoms with Crippen molar-refractivity contribution in [2.75, 3.05) is 6.54 Å². The molecule has 0 saturated carbocycles. The number of hydroxylamine groups is 2. The largest absolute Gasteiger partial charge is 0.464 e. The minimum atomic E-state index is -0.0853. The molecule has 2 heterocycles. The highest BCUT2D eigenvalue weighted by Crippen LogP contribution is 2.30. The lowest BCUT2D eigenvalue weighted by molar-refractivity contribution is -0.122. The van der Waals surface area contributed by atoms with Crippen molar-refractivity contribution in [1.82, 2.24) is 5.06 Å². The van der Waals surface area contributed by atoms with Gasteiger partial charge in [-0.1, -0.05) is 23.7 Å². The van der Waals surface area contributed by atoms with Crippen LogP contribution in [0, 0.1) is 6.92 Å². The molecule has 5 heteroatoms. The van der Waals surface area contributed by atoms with E-state index in [9.17, 15) is 0 Å². The molecule has 0 bridgehead atoms. The fourth-order valence-corrected chi connectivity index (χ4v) is 2.63. The minimum absolute atomic E-state index is 0.0853. The number of nitrogens with two attached hydrogens (primary N) is 1. The Morgan fingerprint density at radius 1 is 1.29 bits per heavy atom. The molecule has 1 aromatic carbocycles. The Hall–Kier alpha value is -1.91. The van der Waals surface area contributed by atoms with Crippen molar-refractivity contribution >= 4 is 11.6 Å². The lowest BCUT2D eigenvalue weighted by atomic mass is 10.1. The summed E-state index contributed by atoms with van der Waals surface area (Å²) in [5.74, 6) is 2.11. The number of nitrogens with zero attached hydrogens (tertiary/aromatic N) is 1. The zero-order valence-electron chi connectivity index (χ0n) is 11.8.